The van der Waals surface area contributed by atoms with Crippen molar-refractivity contribution < 1.29 is 9.59 Å². The number of ketones is 1. The van der Waals surface area contributed by atoms with E-state index in [-0.39, 0.29) is 5.78 Å². The van der Waals surface area contributed by atoms with Gasteiger partial charge >= 0.3 is 0 Å². The molecule has 0 aromatic rings. The summed E-state index contributed by atoms with van der Waals surface area (Å²) in [7, 11) is 1.86. The van der Waals surface area contributed by atoms with Crippen LogP contribution in [-0.2, 0) is 9.59 Å². The van der Waals surface area contributed by atoms with Crippen LogP contribution in [0.1, 0.15) is 13.3 Å². The Balaban J connectivity index is 2.72. The Hall–Kier alpha value is -1.20. The Morgan fingerprint density at radius 2 is 2.40 bits per heavy atom. The number of Topliss-reactive ketones (excluding diaryl/α,β-unsaturated/α-hetero) is 1. The molecule has 0 aromatic heterocycles. The normalized spacial score (nSPS) is 17.5. The van der Waals surface area contributed by atoms with Crippen LogP contribution in [0.15, 0.2) is 11.8 Å². The molecule has 0 saturated carbocycles. The predicted molar refractivity (Wildman–Crippen MR) is 56.8 cm³/mol. The molecule has 1 rings (SSSR count). The molecule has 84 valence electrons. The second-order valence-electron chi connectivity index (χ2n) is 3.44. The summed E-state index contributed by atoms with van der Waals surface area (Å²) in [6, 6.07) is 0. The second-order valence-corrected chi connectivity index (χ2v) is 3.44. The molecule has 0 unspecified atom stereocenters. The fraction of sp³-hybridized carbons (Fsp3) is 0.600. The molecule has 0 radical (unpaired) electrons. The van der Waals surface area contributed by atoms with Gasteiger partial charge in [0, 0.05) is 26.6 Å². The lowest BCUT2D eigenvalue weighted by molar-refractivity contribution is -0.135. The third kappa shape index (κ3) is 2.87. The molecule has 1 aliphatic rings. The minimum absolute atomic E-state index is 0.0729. The highest BCUT2D eigenvalue weighted by atomic mass is 16.2. The zero-order valence-electron chi connectivity index (χ0n) is 9.19. The molecule has 1 N–H and O–H groups in total. The van der Waals surface area contributed by atoms with Crippen LogP contribution < -0.4 is 5.32 Å². The number of amides is 1. The second kappa shape index (κ2) is 5.63. The number of allylic oxidation sites excluding steroid dienone is 1. The van der Waals surface area contributed by atoms with Gasteiger partial charge in [0.15, 0.2) is 5.78 Å². The minimum Gasteiger partial charge on any atom is -0.318 e. The summed E-state index contributed by atoms with van der Waals surface area (Å²) < 4.78 is 0. The van der Waals surface area contributed by atoms with E-state index in [0.29, 0.717) is 12.1 Å². The fourth-order valence-corrected chi connectivity index (χ4v) is 1.59. The van der Waals surface area contributed by atoms with Crippen LogP contribution in [0.5, 0.6) is 0 Å². The van der Waals surface area contributed by atoms with E-state index in [9.17, 15) is 9.59 Å². The van der Waals surface area contributed by atoms with Crippen LogP contribution in [0, 0.1) is 0 Å². The van der Waals surface area contributed by atoms with E-state index in [0.717, 1.165) is 26.1 Å². The maximum Gasteiger partial charge on any atom is 0.228 e. The van der Waals surface area contributed by atoms with Gasteiger partial charge in [-0.25, -0.2) is 10.0 Å². The Morgan fingerprint density at radius 1 is 1.67 bits per heavy atom. The number of nitrogens with one attached hydrogen (secondary N) is 1. The number of carbonyl (C=O) groups is 2. The highest BCUT2D eigenvalue weighted by Crippen LogP contribution is 2.14. The summed E-state index contributed by atoms with van der Waals surface area (Å²) in [4.78, 5) is 22.2. The standard InChI is InChI=1S/C10H17N3O2/c1-9(15)10-4-3-6-12(7-5-11-2)13(10)8-14/h4,8,11H,3,5-7H2,1-2H3. The molecule has 0 saturated heterocycles. The van der Waals surface area contributed by atoms with Crippen molar-refractivity contribution in [2.45, 2.75) is 13.3 Å². The van der Waals surface area contributed by atoms with E-state index in [2.05, 4.69) is 5.32 Å². The smallest absolute Gasteiger partial charge is 0.228 e. The molecule has 1 amide bonds. The van der Waals surface area contributed by atoms with Crippen molar-refractivity contribution in [1.82, 2.24) is 15.3 Å². The first-order valence-electron chi connectivity index (χ1n) is 5.05. The quantitative estimate of drug-likeness (QED) is 0.638. The van der Waals surface area contributed by atoms with Gasteiger partial charge < -0.3 is 5.32 Å². The third-order valence-corrected chi connectivity index (χ3v) is 2.36. The van der Waals surface area contributed by atoms with E-state index in [1.807, 2.05) is 18.1 Å². The topological polar surface area (TPSA) is 52.7 Å². The summed E-state index contributed by atoms with van der Waals surface area (Å²) in [6.45, 7) is 3.76. The summed E-state index contributed by atoms with van der Waals surface area (Å²) >= 11 is 0. The van der Waals surface area contributed by atoms with Crippen LogP contribution in [0.2, 0.25) is 0 Å². The average molecular weight is 211 g/mol. The van der Waals surface area contributed by atoms with Crippen LogP contribution in [0.25, 0.3) is 0 Å². The molecule has 5 heteroatoms. The molecule has 1 heterocycles. The summed E-state index contributed by atoms with van der Waals surface area (Å²) in [6.07, 6.45) is 3.32. The van der Waals surface area contributed by atoms with Crippen molar-refractivity contribution in [3.05, 3.63) is 11.8 Å². The van der Waals surface area contributed by atoms with Gasteiger partial charge in [-0.3, -0.25) is 9.59 Å². The Bertz CT molecular complexity index is 276. The highest BCUT2D eigenvalue weighted by Gasteiger charge is 2.23. The predicted octanol–water partition coefficient (Wildman–Crippen LogP) is -0.242. The Morgan fingerprint density at radius 3 is 2.93 bits per heavy atom. The van der Waals surface area contributed by atoms with Crippen LogP contribution in [-0.4, -0.2) is 48.9 Å². The average Bonchev–Trinajstić information content (AvgIpc) is 2.25. The molecule has 0 atom stereocenters. The first-order chi connectivity index (χ1) is 7.20. The highest BCUT2D eigenvalue weighted by molar-refractivity contribution is 5.94. The molecular formula is C10H17N3O2. The molecule has 1 aliphatic heterocycles. The van der Waals surface area contributed by atoms with Crippen LogP contribution in [0.4, 0.5) is 0 Å². The van der Waals surface area contributed by atoms with Gasteiger partial charge in [-0.1, -0.05) is 6.08 Å². The summed E-state index contributed by atoms with van der Waals surface area (Å²) in [5, 5.41) is 6.30. The van der Waals surface area contributed by atoms with Crippen molar-refractivity contribution in [3.8, 4) is 0 Å². The van der Waals surface area contributed by atoms with Gasteiger partial charge in [0.2, 0.25) is 6.41 Å². The molecule has 0 bridgehead atoms. The zero-order chi connectivity index (χ0) is 11.3. The summed E-state index contributed by atoms with van der Waals surface area (Å²) in [5.74, 6) is -0.0729. The van der Waals surface area contributed by atoms with Gasteiger partial charge in [-0.05, 0) is 13.5 Å². The molecular weight excluding hydrogens is 194 g/mol. The SMILES string of the molecule is CNCCN1CCC=C(C(C)=O)N1C=O. The van der Waals surface area contributed by atoms with Crippen molar-refractivity contribution in [2.75, 3.05) is 26.7 Å². The van der Waals surface area contributed by atoms with Crippen molar-refractivity contribution >= 4 is 12.2 Å². The van der Waals surface area contributed by atoms with Gasteiger partial charge in [0.25, 0.3) is 0 Å². The molecule has 15 heavy (non-hydrogen) atoms. The number of nitrogens with zero attached hydrogens (tertiary/aromatic N) is 2. The monoisotopic (exact) mass is 211 g/mol. The van der Waals surface area contributed by atoms with Crippen molar-refractivity contribution in [3.63, 3.8) is 0 Å². The van der Waals surface area contributed by atoms with E-state index < -0.39 is 0 Å². The lowest BCUT2D eigenvalue weighted by Gasteiger charge is -2.35. The van der Waals surface area contributed by atoms with Gasteiger partial charge in [0.1, 0.15) is 0 Å². The fourth-order valence-electron chi connectivity index (χ4n) is 1.59. The van der Waals surface area contributed by atoms with Gasteiger partial charge in [0.05, 0.1) is 5.70 Å². The van der Waals surface area contributed by atoms with E-state index in [1.165, 1.54) is 11.9 Å². The molecule has 0 aliphatic carbocycles. The minimum atomic E-state index is -0.0729. The van der Waals surface area contributed by atoms with Crippen molar-refractivity contribution in [2.24, 2.45) is 0 Å². The summed E-state index contributed by atoms with van der Waals surface area (Å²) in [5.41, 5.74) is 0.479. The lowest BCUT2D eigenvalue weighted by Crippen LogP contribution is -2.47. The number of carbonyl (C=O) groups excluding carboxylic acids is 2. The molecule has 5 nitrogen and oxygen atoms in total. The molecule has 0 fully saturated rings. The molecule has 0 spiro atoms. The first kappa shape index (κ1) is 11.9. The zero-order valence-corrected chi connectivity index (χ0v) is 9.19. The van der Waals surface area contributed by atoms with Gasteiger partial charge in [-0.15, -0.1) is 0 Å². The number of rotatable bonds is 5. The maximum atomic E-state index is 11.3. The number of hydrogen-bond donors (Lipinski definition) is 1. The lowest BCUT2D eigenvalue weighted by atomic mass is 10.2. The van der Waals surface area contributed by atoms with Gasteiger partial charge in [-0.2, -0.15) is 0 Å². The first-order valence-corrected chi connectivity index (χ1v) is 5.05. The maximum absolute atomic E-state index is 11.3. The number of hydrazine groups is 1. The van der Waals surface area contributed by atoms with Crippen LogP contribution >= 0.6 is 0 Å². The number of hydrogen-bond acceptors (Lipinski definition) is 4. The van der Waals surface area contributed by atoms with Crippen LogP contribution in [0.3, 0.4) is 0 Å². The Kier molecular flexibility index (Phi) is 4.45. The molecule has 0 aromatic carbocycles. The van der Waals surface area contributed by atoms with Crippen molar-refractivity contribution in [1.29, 1.82) is 0 Å². The number of likely N-dealkylation sites (N-methyl/N-ethyl adjacent to an activating group) is 1. The Labute approximate surface area is 89.7 Å². The largest absolute Gasteiger partial charge is 0.318 e. The van der Waals surface area contributed by atoms with E-state index >= 15 is 0 Å². The third-order valence-electron chi connectivity index (χ3n) is 2.36. The van der Waals surface area contributed by atoms with E-state index in [1.54, 1.807) is 0 Å². The van der Waals surface area contributed by atoms with E-state index in [4.69, 9.17) is 0 Å².